The number of hydrogen-bond donors (Lipinski definition) is 1. The first-order chi connectivity index (χ1) is 8.55. The van der Waals surface area contributed by atoms with Gasteiger partial charge in [0.1, 0.15) is 0 Å². The molecule has 0 bridgehead atoms. The summed E-state index contributed by atoms with van der Waals surface area (Å²) < 4.78 is 0. The van der Waals surface area contributed by atoms with E-state index >= 15 is 0 Å². The van der Waals surface area contributed by atoms with Gasteiger partial charge in [-0.3, -0.25) is 4.90 Å². The van der Waals surface area contributed by atoms with E-state index in [1.54, 1.807) is 0 Å². The molecular weight excluding hydrogens is 220 g/mol. The number of allylic oxidation sites excluding steroid dienone is 1. The number of nitrogens with one attached hydrogen (secondary N) is 1. The van der Waals surface area contributed by atoms with Crippen molar-refractivity contribution in [3.8, 4) is 0 Å². The first-order valence-corrected chi connectivity index (χ1v) is 7.67. The maximum absolute atomic E-state index is 3.85. The lowest BCUT2D eigenvalue weighted by Gasteiger charge is -2.46. The summed E-state index contributed by atoms with van der Waals surface area (Å²) in [5.41, 5.74) is 1.82. The molecule has 2 atom stereocenters. The van der Waals surface area contributed by atoms with E-state index in [-0.39, 0.29) is 0 Å². The highest BCUT2D eigenvalue weighted by atomic mass is 15.3. The van der Waals surface area contributed by atoms with Gasteiger partial charge in [0.15, 0.2) is 0 Å². The quantitative estimate of drug-likeness (QED) is 0.754. The van der Waals surface area contributed by atoms with E-state index < -0.39 is 0 Å². The van der Waals surface area contributed by atoms with Gasteiger partial charge in [0, 0.05) is 31.2 Å². The first-order valence-electron chi connectivity index (χ1n) is 7.67. The Labute approximate surface area is 113 Å². The summed E-state index contributed by atoms with van der Waals surface area (Å²) in [5, 5.41) is 3.85. The normalized spacial score (nSPS) is 33.4. The average Bonchev–Trinajstić information content (AvgIpc) is 3.14. The minimum absolute atomic E-state index is 0.375. The van der Waals surface area contributed by atoms with Gasteiger partial charge < -0.3 is 5.32 Å². The maximum Gasteiger partial charge on any atom is 0.0309 e. The second-order valence-electron chi connectivity index (χ2n) is 6.73. The lowest BCUT2D eigenvalue weighted by molar-refractivity contribution is 0.0804. The zero-order chi connectivity index (χ0) is 13.2. The Morgan fingerprint density at radius 3 is 2.67 bits per heavy atom. The van der Waals surface area contributed by atoms with E-state index in [0.29, 0.717) is 5.54 Å². The van der Waals surface area contributed by atoms with Gasteiger partial charge in [-0.2, -0.15) is 0 Å². The highest BCUT2D eigenvalue weighted by Crippen LogP contribution is 2.41. The Morgan fingerprint density at radius 2 is 2.11 bits per heavy atom. The van der Waals surface area contributed by atoms with E-state index in [0.717, 1.165) is 18.5 Å². The second kappa shape index (κ2) is 5.75. The van der Waals surface area contributed by atoms with E-state index in [1.165, 1.54) is 44.3 Å². The van der Waals surface area contributed by atoms with Crippen LogP contribution in [0.1, 0.15) is 53.4 Å². The summed E-state index contributed by atoms with van der Waals surface area (Å²) in [5.74, 6) is 0.925. The largest absolute Gasteiger partial charge is 0.308 e. The molecule has 2 fully saturated rings. The van der Waals surface area contributed by atoms with Crippen LogP contribution in [0.3, 0.4) is 0 Å². The summed E-state index contributed by atoms with van der Waals surface area (Å²) in [7, 11) is 0. The van der Waals surface area contributed by atoms with Crippen LogP contribution >= 0.6 is 0 Å². The molecule has 2 nitrogen and oxygen atoms in total. The zero-order valence-electron chi connectivity index (χ0n) is 12.6. The highest BCUT2D eigenvalue weighted by Gasteiger charge is 2.45. The first kappa shape index (κ1) is 14.1. The SMILES string of the molecule is CCCC1CNC(C)(C2CC2)CN1CC=C(C)C. The monoisotopic (exact) mass is 250 g/mol. The molecule has 2 aliphatic rings. The fourth-order valence-corrected chi connectivity index (χ4v) is 3.21. The third kappa shape index (κ3) is 3.36. The standard InChI is InChI=1S/C16H30N2/c1-5-6-15-11-17-16(4,14-7-8-14)12-18(15)10-9-13(2)3/h9,14-15,17H,5-8,10-12H2,1-4H3. The van der Waals surface area contributed by atoms with Gasteiger partial charge in [-0.05, 0) is 46.0 Å². The average molecular weight is 250 g/mol. The molecule has 0 spiro atoms. The Kier molecular flexibility index (Phi) is 4.50. The van der Waals surface area contributed by atoms with Gasteiger partial charge in [-0.25, -0.2) is 0 Å². The van der Waals surface area contributed by atoms with Crippen molar-refractivity contribution >= 4 is 0 Å². The fourth-order valence-electron chi connectivity index (χ4n) is 3.21. The van der Waals surface area contributed by atoms with Gasteiger partial charge in [0.05, 0.1) is 0 Å². The topological polar surface area (TPSA) is 15.3 Å². The minimum atomic E-state index is 0.375. The lowest BCUT2D eigenvalue weighted by Crippen LogP contribution is -2.63. The number of piperazine rings is 1. The van der Waals surface area contributed by atoms with Crippen LogP contribution < -0.4 is 5.32 Å². The van der Waals surface area contributed by atoms with Crippen molar-refractivity contribution in [1.29, 1.82) is 0 Å². The van der Waals surface area contributed by atoms with Crippen LogP contribution in [0.5, 0.6) is 0 Å². The molecule has 0 amide bonds. The van der Waals surface area contributed by atoms with Crippen LogP contribution in [0.4, 0.5) is 0 Å². The van der Waals surface area contributed by atoms with E-state index in [4.69, 9.17) is 0 Å². The molecule has 0 aromatic rings. The molecule has 1 aliphatic carbocycles. The molecule has 1 N–H and O–H groups in total. The molecule has 2 unspecified atom stereocenters. The molecular formula is C16H30N2. The predicted octanol–water partition coefficient (Wildman–Crippen LogP) is 3.20. The number of nitrogens with zero attached hydrogens (tertiary/aromatic N) is 1. The van der Waals surface area contributed by atoms with E-state index in [2.05, 4.69) is 44.0 Å². The Hall–Kier alpha value is -0.340. The van der Waals surface area contributed by atoms with Crippen LogP contribution in [-0.4, -0.2) is 36.1 Å². The van der Waals surface area contributed by atoms with Crippen LogP contribution in [0.2, 0.25) is 0 Å². The fraction of sp³-hybridized carbons (Fsp3) is 0.875. The lowest BCUT2D eigenvalue weighted by atomic mass is 9.90. The van der Waals surface area contributed by atoms with Crippen LogP contribution in [0.25, 0.3) is 0 Å². The van der Waals surface area contributed by atoms with Crippen molar-refractivity contribution < 1.29 is 0 Å². The number of hydrogen-bond acceptors (Lipinski definition) is 2. The smallest absolute Gasteiger partial charge is 0.0309 e. The van der Waals surface area contributed by atoms with E-state index in [1.807, 2.05) is 0 Å². The van der Waals surface area contributed by atoms with Crippen molar-refractivity contribution in [3.05, 3.63) is 11.6 Å². The van der Waals surface area contributed by atoms with Crippen molar-refractivity contribution in [2.24, 2.45) is 5.92 Å². The molecule has 1 aliphatic heterocycles. The zero-order valence-corrected chi connectivity index (χ0v) is 12.6. The molecule has 1 saturated heterocycles. The van der Waals surface area contributed by atoms with Gasteiger partial charge in [-0.15, -0.1) is 0 Å². The van der Waals surface area contributed by atoms with Crippen molar-refractivity contribution in [3.63, 3.8) is 0 Å². The Bertz CT molecular complexity index is 302. The molecule has 104 valence electrons. The van der Waals surface area contributed by atoms with Gasteiger partial charge in [0.2, 0.25) is 0 Å². The summed E-state index contributed by atoms with van der Waals surface area (Å²) in [6.45, 7) is 12.7. The number of rotatable bonds is 5. The molecule has 0 aromatic heterocycles. The summed E-state index contributed by atoms with van der Waals surface area (Å²) in [4.78, 5) is 2.71. The molecule has 18 heavy (non-hydrogen) atoms. The minimum Gasteiger partial charge on any atom is -0.308 e. The maximum atomic E-state index is 3.85. The van der Waals surface area contributed by atoms with Crippen molar-refractivity contribution in [1.82, 2.24) is 10.2 Å². The van der Waals surface area contributed by atoms with Crippen LogP contribution in [0.15, 0.2) is 11.6 Å². The van der Waals surface area contributed by atoms with Crippen LogP contribution in [-0.2, 0) is 0 Å². The molecule has 1 heterocycles. The summed E-state index contributed by atoms with van der Waals surface area (Å²) in [6.07, 6.45) is 7.86. The molecule has 2 heteroatoms. The highest BCUT2D eigenvalue weighted by molar-refractivity contribution is 5.06. The third-order valence-corrected chi connectivity index (χ3v) is 4.62. The van der Waals surface area contributed by atoms with Gasteiger partial charge in [0.25, 0.3) is 0 Å². The third-order valence-electron chi connectivity index (χ3n) is 4.62. The van der Waals surface area contributed by atoms with E-state index in [9.17, 15) is 0 Å². The van der Waals surface area contributed by atoms with Crippen molar-refractivity contribution in [2.75, 3.05) is 19.6 Å². The Morgan fingerprint density at radius 1 is 1.39 bits per heavy atom. The predicted molar refractivity (Wildman–Crippen MR) is 78.8 cm³/mol. The molecule has 2 rings (SSSR count). The van der Waals surface area contributed by atoms with Gasteiger partial charge in [-0.1, -0.05) is 25.0 Å². The molecule has 0 radical (unpaired) electrons. The summed E-state index contributed by atoms with van der Waals surface area (Å²) >= 11 is 0. The molecule has 1 saturated carbocycles. The van der Waals surface area contributed by atoms with Crippen molar-refractivity contribution in [2.45, 2.75) is 65.0 Å². The van der Waals surface area contributed by atoms with Gasteiger partial charge >= 0.3 is 0 Å². The molecule has 0 aromatic carbocycles. The second-order valence-corrected chi connectivity index (χ2v) is 6.73. The Balaban J connectivity index is 2.00. The summed E-state index contributed by atoms with van der Waals surface area (Å²) in [6, 6.07) is 0.734. The van der Waals surface area contributed by atoms with Crippen LogP contribution in [0, 0.1) is 5.92 Å².